The molecule has 0 aliphatic rings. The third-order valence-electron chi connectivity index (χ3n) is 2.73. The van der Waals surface area contributed by atoms with Crippen molar-refractivity contribution in [2.75, 3.05) is 14.2 Å². The predicted molar refractivity (Wildman–Crippen MR) is 71.1 cm³/mol. The molecular weight excluding hydrogens is 266 g/mol. The van der Waals surface area contributed by atoms with E-state index in [4.69, 9.17) is 5.11 Å². The molecule has 0 saturated heterocycles. The van der Waals surface area contributed by atoms with Gasteiger partial charge in [0, 0.05) is 6.42 Å². The van der Waals surface area contributed by atoms with Crippen molar-refractivity contribution in [1.82, 2.24) is 5.32 Å². The summed E-state index contributed by atoms with van der Waals surface area (Å²) in [5.74, 6) is -1.88. The Labute approximate surface area is 118 Å². The largest absolute Gasteiger partial charge is 0.481 e. The Morgan fingerprint density at radius 1 is 1.05 bits per heavy atom. The monoisotopic (exact) mass is 289 g/mol. The third kappa shape index (κ3) is 7.08. The van der Waals surface area contributed by atoms with Gasteiger partial charge >= 0.3 is 17.9 Å². The summed E-state index contributed by atoms with van der Waals surface area (Å²) in [6.07, 6.45) is 0.336. The highest BCUT2D eigenvalue weighted by atomic mass is 16.5. The highest BCUT2D eigenvalue weighted by Crippen LogP contribution is 2.10. The second-order valence-corrected chi connectivity index (χ2v) is 4.88. The Morgan fingerprint density at radius 2 is 1.55 bits per heavy atom. The van der Waals surface area contributed by atoms with Gasteiger partial charge in [0.05, 0.1) is 14.2 Å². The number of carbonyl (C=O) groups is 3. The molecule has 0 bridgehead atoms. The van der Waals surface area contributed by atoms with Crippen LogP contribution in [0, 0.1) is 5.92 Å². The Kier molecular flexibility index (Phi) is 8.54. The van der Waals surface area contributed by atoms with Crippen molar-refractivity contribution in [3.63, 3.8) is 0 Å². The minimum absolute atomic E-state index is 0.0492. The molecule has 0 aromatic carbocycles. The normalized spacial score (nSPS) is 13.7. The fourth-order valence-corrected chi connectivity index (χ4v) is 1.77. The van der Waals surface area contributed by atoms with Crippen molar-refractivity contribution in [3.05, 3.63) is 0 Å². The van der Waals surface area contributed by atoms with Crippen LogP contribution in [0.1, 0.15) is 33.1 Å². The molecule has 0 amide bonds. The molecule has 0 aromatic rings. The third-order valence-corrected chi connectivity index (χ3v) is 2.73. The lowest BCUT2D eigenvalue weighted by molar-refractivity contribution is -0.147. The number of hydrogen-bond donors (Lipinski definition) is 2. The fourth-order valence-electron chi connectivity index (χ4n) is 1.77. The van der Waals surface area contributed by atoms with Crippen molar-refractivity contribution in [2.45, 2.75) is 45.2 Å². The Balaban J connectivity index is 4.81. The van der Waals surface area contributed by atoms with Crippen LogP contribution in [0.15, 0.2) is 0 Å². The van der Waals surface area contributed by atoms with Crippen molar-refractivity contribution in [3.8, 4) is 0 Å². The average Bonchev–Trinajstić information content (AvgIpc) is 2.39. The maximum Gasteiger partial charge on any atom is 0.322 e. The smallest absolute Gasteiger partial charge is 0.322 e. The van der Waals surface area contributed by atoms with E-state index >= 15 is 0 Å². The lowest BCUT2D eigenvalue weighted by atomic mass is 10.0. The molecule has 0 aliphatic carbocycles. The summed E-state index contributed by atoms with van der Waals surface area (Å²) in [6, 6.07) is -1.52. The summed E-state index contributed by atoms with van der Waals surface area (Å²) in [4.78, 5) is 33.9. The van der Waals surface area contributed by atoms with Crippen molar-refractivity contribution in [2.24, 2.45) is 5.92 Å². The molecule has 0 spiro atoms. The quantitative estimate of drug-likeness (QED) is 0.598. The molecule has 116 valence electrons. The lowest BCUT2D eigenvalue weighted by Crippen LogP contribution is -2.48. The molecule has 2 unspecified atom stereocenters. The highest BCUT2D eigenvalue weighted by Gasteiger charge is 2.28. The van der Waals surface area contributed by atoms with Gasteiger partial charge in [0.2, 0.25) is 0 Å². The van der Waals surface area contributed by atoms with Gasteiger partial charge in [0.15, 0.2) is 0 Å². The van der Waals surface area contributed by atoms with Crippen LogP contribution < -0.4 is 5.32 Å². The van der Waals surface area contributed by atoms with Crippen LogP contribution >= 0.6 is 0 Å². The van der Waals surface area contributed by atoms with Crippen LogP contribution in [0.4, 0.5) is 0 Å². The SMILES string of the molecule is COC(=O)C(CCC(=O)O)NC(CC(C)C)C(=O)OC. The van der Waals surface area contributed by atoms with Crippen LogP contribution in [-0.4, -0.2) is 49.3 Å². The van der Waals surface area contributed by atoms with Gasteiger partial charge in [-0.15, -0.1) is 0 Å². The van der Waals surface area contributed by atoms with E-state index in [2.05, 4.69) is 14.8 Å². The van der Waals surface area contributed by atoms with Gasteiger partial charge in [-0.1, -0.05) is 13.8 Å². The number of carboxylic acids is 1. The molecular formula is C13H23NO6. The van der Waals surface area contributed by atoms with Crippen LogP contribution in [0.25, 0.3) is 0 Å². The molecule has 0 aliphatic heterocycles. The molecule has 0 heterocycles. The van der Waals surface area contributed by atoms with E-state index in [0.29, 0.717) is 6.42 Å². The maximum atomic E-state index is 11.7. The van der Waals surface area contributed by atoms with Crippen LogP contribution in [0.2, 0.25) is 0 Å². The molecule has 0 saturated carbocycles. The number of esters is 2. The number of carboxylic acid groups (broad SMARTS) is 1. The highest BCUT2D eigenvalue weighted by molar-refractivity contribution is 5.80. The Bertz CT molecular complexity index is 342. The summed E-state index contributed by atoms with van der Waals surface area (Å²) >= 11 is 0. The van der Waals surface area contributed by atoms with Gasteiger partial charge in [-0.2, -0.15) is 0 Å². The molecule has 0 rings (SSSR count). The summed E-state index contributed by atoms with van der Waals surface area (Å²) in [5.41, 5.74) is 0. The van der Waals surface area contributed by atoms with Crippen LogP contribution in [0.5, 0.6) is 0 Å². The van der Waals surface area contributed by atoms with Crippen molar-refractivity contribution >= 4 is 17.9 Å². The zero-order valence-corrected chi connectivity index (χ0v) is 12.3. The van der Waals surface area contributed by atoms with E-state index in [9.17, 15) is 14.4 Å². The second kappa shape index (κ2) is 9.30. The molecule has 2 N–H and O–H groups in total. The van der Waals surface area contributed by atoms with Gasteiger partial charge in [0.25, 0.3) is 0 Å². The van der Waals surface area contributed by atoms with Gasteiger partial charge in [-0.05, 0) is 18.8 Å². The molecule has 0 radical (unpaired) electrons. The predicted octanol–water partition coefficient (Wildman–Crippen LogP) is 0.570. The van der Waals surface area contributed by atoms with E-state index in [-0.39, 0.29) is 18.8 Å². The summed E-state index contributed by atoms with van der Waals surface area (Å²) in [5, 5.41) is 11.5. The van der Waals surface area contributed by atoms with E-state index < -0.39 is 30.0 Å². The zero-order valence-electron chi connectivity index (χ0n) is 12.3. The molecule has 0 fully saturated rings. The summed E-state index contributed by atoms with van der Waals surface area (Å²) in [7, 11) is 2.48. The minimum atomic E-state index is -1.01. The molecule has 0 aromatic heterocycles. The zero-order chi connectivity index (χ0) is 15.7. The molecule has 2 atom stereocenters. The first kappa shape index (κ1) is 18.4. The van der Waals surface area contributed by atoms with Crippen molar-refractivity contribution < 1.29 is 29.0 Å². The maximum absolute atomic E-state index is 11.7. The Morgan fingerprint density at radius 3 is 1.95 bits per heavy atom. The number of nitrogens with one attached hydrogen (secondary N) is 1. The van der Waals surface area contributed by atoms with Gasteiger partial charge in [0.1, 0.15) is 12.1 Å². The van der Waals surface area contributed by atoms with Crippen LogP contribution in [-0.2, 0) is 23.9 Å². The Hall–Kier alpha value is -1.63. The van der Waals surface area contributed by atoms with Gasteiger partial charge in [-0.3, -0.25) is 19.7 Å². The lowest BCUT2D eigenvalue weighted by Gasteiger charge is -2.23. The fraction of sp³-hybridized carbons (Fsp3) is 0.769. The summed E-state index contributed by atoms with van der Waals surface area (Å²) in [6.45, 7) is 3.87. The first-order valence-electron chi connectivity index (χ1n) is 6.45. The average molecular weight is 289 g/mol. The first-order valence-corrected chi connectivity index (χ1v) is 6.45. The van der Waals surface area contributed by atoms with E-state index in [1.807, 2.05) is 13.8 Å². The van der Waals surface area contributed by atoms with E-state index in [0.717, 1.165) is 0 Å². The van der Waals surface area contributed by atoms with Crippen LogP contribution in [0.3, 0.4) is 0 Å². The number of aliphatic carboxylic acids is 1. The molecule has 7 nitrogen and oxygen atoms in total. The van der Waals surface area contributed by atoms with Gasteiger partial charge in [-0.25, -0.2) is 0 Å². The second-order valence-electron chi connectivity index (χ2n) is 4.88. The standard InChI is InChI=1S/C13H23NO6/c1-8(2)7-10(13(18)20-4)14-9(12(17)19-3)5-6-11(15)16/h8-10,14H,5-7H2,1-4H3,(H,15,16). The van der Waals surface area contributed by atoms with Gasteiger partial charge < -0.3 is 14.6 Å². The first-order chi connectivity index (χ1) is 9.31. The molecule has 20 heavy (non-hydrogen) atoms. The molecule has 7 heteroatoms. The number of ether oxygens (including phenoxy) is 2. The number of rotatable bonds is 9. The number of carbonyl (C=O) groups excluding carboxylic acids is 2. The topological polar surface area (TPSA) is 102 Å². The number of hydrogen-bond acceptors (Lipinski definition) is 6. The number of methoxy groups -OCH3 is 2. The van der Waals surface area contributed by atoms with E-state index in [1.54, 1.807) is 0 Å². The minimum Gasteiger partial charge on any atom is -0.481 e. The van der Waals surface area contributed by atoms with Crippen molar-refractivity contribution in [1.29, 1.82) is 0 Å². The summed E-state index contributed by atoms with van der Waals surface area (Å²) < 4.78 is 9.30. The van der Waals surface area contributed by atoms with E-state index in [1.165, 1.54) is 14.2 Å².